The lowest BCUT2D eigenvalue weighted by molar-refractivity contribution is 0.103. The van der Waals surface area contributed by atoms with Crippen molar-refractivity contribution in [3.8, 4) is 11.5 Å². The van der Waals surface area contributed by atoms with Gasteiger partial charge in [-0.05, 0) is 28.1 Å². The minimum absolute atomic E-state index is 0.0790. The van der Waals surface area contributed by atoms with Gasteiger partial charge in [0.25, 0.3) is 0 Å². The van der Waals surface area contributed by atoms with Crippen molar-refractivity contribution >= 4 is 21.7 Å². The molecule has 0 fully saturated rings. The van der Waals surface area contributed by atoms with Crippen molar-refractivity contribution in [2.45, 2.75) is 0 Å². The third kappa shape index (κ3) is 2.38. The first-order valence-electron chi connectivity index (χ1n) is 5.29. The third-order valence-corrected chi connectivity index (χ3v) is 3.16. The van der Waals surface area contributed by atoms with E-state index in [9.17, 15) is 9.90 Å². The molecule has 0 aromatic heterocycles. The summed E-state index contributed by atoms with van der Waals surface area (Å²) in [5.41, 5.74) is 0.736. The molecule has 0 aliphatic rings. The number of ketones is 1. The second-order valence-electron chi connectivity index (χ2n) is 3.70. The Morgan fingerprint density at radius 3 is 2.50 bits per heavy atom. The SMILES string of the molecule is COc1cc(Br)c(O)c(C(=O)c2ccccc2)c1. The van der Waals surface area contributed by atoms with Gasteiger partial charge in [-0.15, -0.1) is 0 Å². The van der Waals surface area contributed by atoms with E-state index in [4.69, 9.17) is 4.74 Å². The van der Waals surface area contributed by atoms with Crippen LogP contribution < -0.4 is 4.74 Å². The van der Waals surface area contributed by atoms with Crippen LogP contribution in [-0.4, -0.2) is 18.0 Å². The molecule has 18 heavy (non-hydrogen) atoms. The van der Waals surface area contributed by atoms with Gasteiger partial charge >= 0.3 is 0 Å². The molecule has 92 valence electrons. The van der Waals surface area contributed by atoms with Gasteiger partial charge in [-0.1, -0.05) is 30.3 Å². The Labute approximate surface area is 113 Å². The molecule has 0 saturated carbocycles. The minimum atomic E-state index is -0.243. The Kier molecular flexibility index (Phi) is 3.67. The normalized spacial score (nSPS) is 10.1. The van der Waals surface area contributed by atoms with E-state index in [1.54, 1.807) is 30.3 Å². The molecule has 4 heteroatoms. The smallest absolute Gasteiger partial charge is 0.196 e. The summed E-state index contributed by atoms with van der Waals surface area (Å²) in [4.78, 5) is 12.3. The number of carbonyl (C=O) groups excluding carboxylic acids is 1. The molecule has 0 atom stereocenters. The zero-order valence-corrected chi connectivity index (χ0v) is 11.3. The third-order valence-electron chi connectivity index (χ3n) is 2.55. The number of halogens is 1. The number of rotatable bonds is 3. The van der Waals surface area contributed by atoms with Crippen molar-refractivity contribution in [3.63, 3.8) is 0 Å². The van der Waals surface area contributed by atoms with Crippen molar-refractivity contribution in [2.24, 2.45) is 0 Å². The highest BCUT2D eigenvalue weighted by molar-refractivity contribution is 9.10. The molecule has 0 saturated heterocycles. The fourth-order valence-electron chi connectivity index (χ4n) is 1.61. The minimum Gasteiger partial charge on any atom is -0.506 e. The van der Waals surface area contributed by atoms with Crippen LogP contribution in [0.25, 0.3) is 0 Å². The monoisotopic (exact) mass is 306 g/mol. The van der Waals surface area contributed by atoms with Crippen molar-refractivity contribution in [1.82, 2.24) is 0 Å². The van der Waals surface area contributed by atoms with Crippen molar-refractivity contribution < 1.29 is 14.6 Å². The van der Waals surface area contributed by atoms with Gasteiger partial charge in [0.1, 0.15) is 11.5 Å². The van der Waals surface area contributed by atoms with Crippen molar-refractivity contribution in [2.75, 3.05) is 7.11 Å². The van der Waals surface area contributed by atoms with Crippen LogP contribution in [0.2, 0.25) is 0 Å². The van der Waals surface area contributed by atoms with E-state index in [0.717, 1.165) is 0 Å². The zero-order valence-electron chi connectivity index (χ0n) is 9.68. The number of methoxy groups -OCH3 is 1. The molecule has 0 aliphatic heterocycles. The number of phenols is 1. The molecule has 0 radical (unpaired) electrons. The van der Waals surface area contributed by atoms with Crippen LogP contribution in [0.4, 0.5) is 0 Å². The van der Waals surface area contributed by atoms with E-state index in [2.05, 4.69) is 15.9 Å². The molecule has 0 aliphatic carbocycles. The molecule has 0 spiro atoms. The number of ether oxygens (including phenoxy) is 1. The summed E-state index contributed by atoms with van der Waals surface area (Å²) in [7, 11) is 1.51. The summed E-state index contributed by atoms with van der Waals surface area (Å²) in [6.45, 7) is 0. The number of hydrogen-bond donors (Lipinski definition) is 1. The largest absolute Gasteiger partial charge is 0.506 e. The van der Waals surface area contributed by atoms with Crippen molar-refractivity contribution in [1.29, 1.82) is 0 Å². The summed E-state index contributed by atoms with van der Waals surface area (Å²) < 4.78 is 5.51. The summed E-state index contributed by atoms with van der Waals surface area (Å²) in [5.74, 6) is 0.191. The molecule has 2 rings (SSSR count). The first-order chi connectivity index (χ1) is 8.63. The lowest BCUT2D eigenvalue weighted by Gasteiger charge is -2.08. The van der Waals surface area contributed by atoms with Gasteiger partial charge in [0.15, 0.2) is 5.78 Å². The predicted octanol–water partition coefficient (Wildman–Crippen LogP) is 3.39. The van der Waals surface area contributed by atoms with E-state index >= 15 is 0 Å². The summed E-state index contributed by atoms with van der Waals surface area (Å²) >= 11 is 3.20. The number of hydrogen-bond acceptors (Lipinski definition) is 3. The van der Waals surface area contributed by atoms with Crippen LogP contribution in [0.3, 0.4) is 0 Å². The second-order valence-corrected chi connectivity index (χ2v) is 4.55. The van der Waals surface area contributed by atoms with E-state index < -0.39 is 0 Å². The van der Waals surface area contributed by atoms with E-state index in [1.807, 2.05) is 6.07 Å². The lowest BCUT2D eigenvalue weighted by Crippen LogP contribution is -2.02. The van der Waals surface area contributed by atoms with E-state index in [1.165, 1.54) is 13.2 Å². The molecule has 2 aromatic rings. The Morgan fingerprint density at radius 2 is 1.89 bits per heavy atom. The lowest BCUT2D eigenvalue weighted by atomic mass is 10.0. The number of aromatic hydroxyl groups is 1. The van der Waals surface area contributed by atoms with Crippen LogP contribution in [-0.2, 0) is 0 Å². The maximum absolute atomic E-state index is 12.3. The van der Waals surface area contributed by atoms with Crippen LogP contribution >= 0.6 is 15.9 Å². The molecule has 0 unspecified atom stereocenters. The van der Waals surface area contributed by atoms with Gasteiger partial charge < -0.3 is 9.84 Å². The van der Waals surface area contributed by atoms with Gasteiger partial charge in [0, 0.05) is 5.56 Å². The van der Waals surface area contributed by atoms with Crippen LogP contribution in [0, 0.1) is 0 Å². The van der Waals surface area contributed by atoms with Gasteiger partial charge in [0.05, 0.1) is 17.1 Å². The summed E-state index contributed by atoms with van der Waals surface area (Å²) in [6, 6.07) is 11.9. The number of benzene rings is 2. The first kappa shape index (κ1) is 12.6. The van der Waals surface area contributed by atoms with Gasteiger partial charge in [-0.2, -0.15) is 0 Å². The average molecular weight is 307 g/mol. The maximum Gasteiger partial charge on any atom is 0.196 e. The topological polar surface area (TPSA) is 46.5 Å². The Bertz CT molecular complexity index is 579. The Hall–Kier alpha value is -1.81. The maximum atomic E-state index is 12.3. The standard InChI is InChI=1S/C14H11BrO3/c1-18-10-7-11(14(17)12(15)8-10)13(16)9-5-3-2-4-6-9/h2-8,17H,1H3. The number of phenolic OH excluding ortho intramolecular Hbond substituents is 1. The van der Waals surface area contributed by atoms with Crippen LogP contribution in [0.15, 0.2) is 46.9 Å². The first-order valence-corrected chi connectivity index (χ1v) is 6.09. The van der Waals surface area contributed by atoms with Gasteiger partial charge in [-0.3, -0.25) is 4.79 Å². The Balaban J connectivity index is 2.51. The number of carbonyl (C=O) groups is 1. The highest BCUT2D eigenvalue weighted by atomic mass is 79.9. The van der Waals surface area contributed by atoms with Gasteiger partial charge in [-0.25, -0.2) is 0 Å². The summed E-state index contributed by atoms with van der Waals surface area (Å²) in [5, 5.41) is 9.93. The molecular weight excluding hydrogens is 296 g/mol. The molecular formula is C14H11BrO3. The van der Waals surface area contributed by atoms with Crippen LogP contribution in [0.1, 0.15) is 15.9 Å². The molecule has 2 aromatic carbocycles. The average Bonchev–Trinajstić information content (AvgIpc) is 2.42. The Morgan fingerprint density at radius 1 is 1.22 bits per heavy atom. The summed E-state index contributed by atoms with van der Waals surface area (Å²) in [6.07, 6.45) is 0. The molecule has 0 amide bonds. The molecule has 1 N–H and O–H groups in total. The molecule has 0 heterocycles. The zero-order chi connectivity index (χ0) is 13.1. The van der Waals surface area contributed by atoms with Gasteiger partial charge in [0.2, 0.25) is 0 Å². The predicted molar refractivity (Wildman–Crippen MR) is 72.2 cm³/mol. The second kappa shape index (κ2) is 5.23. The highest BCUT2D eigenvalue weighted by Gasteiger charge is 2.17. The fourth-order valence-corrected chi connectivity index (χ4v) is 2.05. The van der Waals surface area contributed by atoms with E-state index in [-0.39, 0.29) is 17.1 Å². The highest BCUT2D eigenvalue weighted by Crippen LogP contribution is 2.33. The van der Waals surface area contributed by atoms with Crippen molar-refractivity contribution in [3.05, 3.63) is 58.1 Å². The quantitative estimate of drug-likeness (QED) is 0.884. The molecule has 0 bridgehead atoms. The fraction of sp³-hybridized carbons (Fsp3) is 0.0714. The molecule has 3 nitrogen and oxygen atoms in total. The van der Waals surface area contributed by atoms with Crippen LogP contribution in [0.5, 0.6) is 11.5 Å². The van der Waals surface area contributed by atoms with E-state index in [0.29, 0.717) is 15.8 Å².